The van der Waals surface area contributed by atoms with Gasteiger partial charge in [-0.05, 0) is 17.9 Å². The lowest BCUT2D eigenvalue weighted by molar-refractivity contribution is 0.103. The number of nitrogens with zero attached hydrogens (tertiary/aromatic N) is 1. The van der Waals surface area contributed by atoms with Crippen molar-refractivity contribution in [2.24, 2.45) is 7.05 Å². The van der Waals surface area contributed by atoms with Crippen molar-refractivity contribution in [3.63, 3.8) is 0 Å². The van der Waals surface area contributed by atoms with Gasteiger partial charge in [0.05, 0.1) is 0 Å². The normalized spacial score (nSPS) is 11.7. The van der Waals surface area contributed by atoms with Crippen molar-refractivity contribution >= 4 is 5.78 Å². The van der Waals surface area contributed by atoms with E-state index in [1.54, 1.807) is 26.1 Å². The van der Waals surface area contributed by atoms with E-state index < -0.39 is 0 Å². The quantitative estimate of drug-likeness (QED) is 0.854. The van der Waals surface area contributed by atoms with Gasteiger partial charge in [0.25, 0.3) is 5.56 Å². The van der Waals surface area contributed by atoms with Crippen LogP contribution in [0, 0.1) is 6.92 Å². The Morgan fingerprint density at radius 2 is 1.70 bits per heavy atom. The van der Waals surface area contributed by atoms with E-state index in [0.29, 0.717) is 11.3 Å². The summed E-state index contributed by atoms with van der Waals surface area (Å²) in [7, 11) is 1.61. The van der Waals surface area contributed by atoms with Crippen LogP contribution in [0.15, 0.2) is 29.1 Å². The van der Waals surface area contributed by atoms with Crippen molar-refractivity contribution in [2.45, 2.75) is 33.1 Å². The number of aromatic amines is 1. The van der Waals surface area contributed by atoms with E-state index in [2.05, 4.69) is 25.9 Å². The molecule has 1 aromatic carbocycles. The van der Waals surface area contributed by atoms with Gasteiger partial charge in [0.15, 0.2) is 5.78 Å². The number of carbonyl (C=O) groups is 1. The Morgan fingerprint density at radius 3 is 2.10 bits per heavy atom. The number of aryl methyl sites for hydroxylation is 2. The maximum Gasteiger partial charge on any atom is 0.277 e. The number of hydrogen-bond donors (Lipinski definition) is 1. The van der Waals surface area contributed by atoms with Gasteiger partial charge in [0.1, 0.15) is 5.56 Å². The summed E-state index contributed by atoms with van der Waals surface area (Å²) in [5, 5.41) is 2.85. The number of nitrogens with one attached hydrogen (secondary N) is 1. The van der Waals surface area contributed by atoms with Crippen molar-refractivity contribution in [2.75, 3.05) is 0 Å². The van der Waals surface area contributed by atoms with E-state index in [1.165, 1.54) is 4.68 Å². The molecule has 2 rings (SSSR count). The number of benzene rings is 1. The second-order valence-corrected chi connectivity index (χ2v) is 6.13. The van der Waals surface area contributed by atoms with Crippen LogP contribution >= 0.6 is 0 Å². The minimum atomic E-state index is -0.285. The Labute approximate surface area is 118 Å². The molecule has 0 aliphatic heterocycles. The summed E-state index contributed by atoms with van der Waals surface area (Å²) in [5.74, 6) is -0.232. The molecule has 1 heterocycles. The summed E-state index contributed by atoms with van der Waals surface area (Å²) < 4.78 is 1.33. The van der Waals surface area contributed by atoms with Gasteiger partial charge in [-0.15, -0.1) is 0 Å². The lowest BCUT2D eigenvalue weighted by Crippen LogP contribution is -2.19. The first-order valence-electron chi connectivity index (χ1n) is 6.62. The maximum atomic E-state index is 12.4. The van der Waals surface area contributed by atoms with E-state index in [0.717, 1.165) is 5.56 Å². The lowest BCUT2D eigenvalue weighted by Gasteiger charge is -2.18. The largest absolute Gasteiger partial charge is 0.299 e. The summed E-state index contributed by atoms with van der Waals surface area (Å²) in [4.78, 5) is 24.4. The highest BCUT2D eigenvalue weighted by Crippen LogP contribution is 2.22. The first kappa shape index (κ1) is 14.3. The molecule has 0 aliphatic rings. The molecule has 0 atom stereocenters. The van der Waals surface area contributed by atoms with Crippen molar-refractivity contribution in [1.29, 1.82) is 0 Å². The fourth-order valence-electron chi connectivity index (χ4n) is 2.22. The van der Waals surface area contributed by atoms with Crippen LogP contribution in [0.25, 0.3) is 0 Å². The molecule has 0 spiro atoms. The Kier molecular flexibility index (Phi) is 3.42. The van der Waals surface area contributed by atoms with Crippen LogP contribution in [0.2, 0.25) is 0 Å². The average molecular weight is 272 g/mol. The molecule has 4 heteroatoms. The minimum absolute atomic E-state index is 0.0434. The third kappa shape index (κ3) is 2.46. The molecule has 0 unspecified atom stereocenters. The molecule has 0 saturated carbocycles. The van der Waals surface area contributed by atoms with Gasteiger partial charge in [-0.2, -0.15) is 0 Å². The molecular weight excluding hydrogens is 252 g/mol. The Bertz CT molecular complexity index is 698. The van der Waals surface area contributed by atoms with Crippen LogP contribution in [0.4, 0.5) is 0 Å². The van der Waals surface area contributed by atoms with Crippen molar-refractivity contribution in [3.05, 3.63) is 57.0 Å². The molecule has 1 aromatic heterocycles. The van der Waals surface area contributed by atoms with Crippen LogP contribution in [0.5, 0.6) is 0 Å². The summed E-state index contributed by atoms with van der Waals surface area (Å²) in [5.41, 5.74) is 2.28. The molecule has 0 aliphatic carbocycles. The third-order valence-electron chi connectivity index (χ3n) is 3.47. The molecule has 20 heavy (non-hydrogen) atoms. The molecule has 0 saturated heterocycles. The van der Waals surface area contributed by atoms with E-state index in [9.17, 15) is 9.59 Å². The van der Waals surface area contributed by atoms with Gasteiger partial charge >= 0.3 is 0 Å². The highest BCUT2D eigenvalue weighted by Gasteiger charge is 2.20. The Morgan fingerprint density at radius 1 is 1.15 bits per heavy atom. The van der Waals surface area contributed by atoms with E-state index in [4.69, 9.17) is 0 Å². The number of aromatic nitrogens is 2. The summed E-state index contributed by atoms with van der Waals surface area (Å²) in [6.07, 6.45) is 0. The highest BCUT2D eigenvalue weighted by molar-refractivity contribution is 6.09. The highest BCUT2D eigenvalue weighted by atomic mass is 16.2. The van der Waals surface area contributed by atoms with Crippen LogP contribution < -0.4 is 5.56 Å². The number of rotatable bonds is 2. The Hall–Kier alpha value is -2.10. The fraction of sp³-hybridized carbons (Fsp3) is 0.375. The van der Waals surface area contributed by atoms with E-state index >= 15 is 0 Å². The molecule has 0 bridgehead atoms. The van der Waals surface area contributed by atoms with Crippen molar-refractivity contribution in [3.8, 4) is 0 Å². The lowest BCUT2D eigenvalue weighted by atomic mass is 9.86. The first-order valence-corrected chi connectivity index (χ1v) is 6.62. The SMILES string of the molecule is Cc1[nH]n(C)c(=O)c1C(=O)c1ccc(C(C)(C)C)cc1. The van der Waals surface area contributed by atoms with Crippen LogP contribution in [0.3, 0.4) is 0 Å². The zero-order valence-corrected chi connectivity index (χ0v) is 12.6. The maximum absolute atomic E-state index is 12.4. The summed E-state index contributed by atoms with van der Waals surface area (Å²) >= 11 is 0. The second-order valence-electron chi connectivity index (χ2n) is 6.13. The summed E-state index contributed by atoms with van der Waals surface area (Å²) in [6, 6.07) is 7.46. The van der Waals surface area contributed by atoms with E-state index in [1.807, 2.05) is 12.1 Å². The van der Waals surface area contributed by atoms with Gasteiger partial charge in [-0.3, -0.25) is 19.4 Å². The third-order valence-corrected chi connectivity index (χ3v) is 3.47. The summed E-state index contributed by atoms with van der Waals surface area (Å²) in [6.45, 7) is 8.10. The molecule has 1 N–H and O–H groups in total. The average Bonchev–Trinajstić information content (AvgIpc) is 2.62. The zero-order valence-electron chi connectivity index (χ0n) is 12.6. The van der Waals surface area contributed by atoms with Crippen molar-refractivity contribution < 1.29 is 4.79 Å². The predicted octanol–water partition coefficient (Wildman–Crippen LogP) is 2.55. The van der Waals surface area contributed by atoms with Gasteiger partial charge in [-0.25, -0.2) is 0 Å². The number of hydrogen-bond acceptors (Lipinski definition) is 2. The fourth-order valence-corrected chi connectivity index (χ4v) is 2.22. The molecule has 2 aromatic rings. The zero-order chi connectivity index (χ0) is 15.1. The van der Waals surface area contributed by atoms with Crippen LogP contribution in [0.1, 0.15) is 48.0 Å². The number of carbonyl (C=O) groups excluding carboxylic acids is 1. The van der Waals surface area contributed by atoms with Crippen molar-refractivity contribution in [1.82, 2.24) is 9.78 Å². The topological polar surface area (TPSA) is 54.9 Å². The molecular formula is C16H20N2O2. The molecule has 0 fully saturated rings. The van der Waals surface area contributed by atoms with E-state index in [-0.39, 0.29) is 22.3 Å². The minimum Gasteiger partial charge on any atom is -0.299 e. The van der Waals surface area contributed by atoms with Gasteiger partial charge in [-0.1, -0.05) is 45.0 Å². The second kappa shape index (κ2) is 4.78. The molecule has 0 amide bonds. The van der Waals surface area contributed by atoms with Gasteiger partial charge in [0, 0.05) is 18.3 Å². The number of H-pyrrole nitrogens is 1. The van der Waals surface area contributed by atoms with Crippen LogP contribution in [-0.4, -0.2) is 15.6 Å². The monoisotopic (exact) mass is 272 g/mol. The molecule has 106 valence electrons. The van der Waals surface area contributed by atoms with Gasteiger partial charge in [0.2, 0.25) is 0 Å². The Balaban J connectivity index is 2.42. The van der Waals surface area contributed by atoms with Gasteiger partial charge < -0.3 is 0 Å². The van der Waals surface area contributed by atoms with Crippen LogP contribution in [-0.2, 0) is 12.5 Å². The first-order chi connectivity index (χ1) is 9.21. The predicted molar refractivity (Wildman–Crippen MR) is 79.3 cm³/mol. The smallest absolute Gasteiger partial charge is 0.277 e. The standard InChI is InChI=1S/C16H20N2O2/c1-10-13(15(20)18(5)17-10)14(19)11-6-8-12(9-7-11)16(2,3)4/h6-9,17H,1-5H3. The molecule has 0 radical (unpaired) electrons. The molecule has 4 nitrogen and oxygen atoms in total. The number of ketones is 1.